The Kier molecular flexibility index (Phi) is 5.84. The van der Waals surface area contributed by atoms with Crippen LogP contribution in [0.25, 0.3) is 0 Å². The largest absolute Gasteiger partial charge is 0.378 e. The van der Waals surface area contributed by atoms with E-state index in [1.807, 2.05) is 19.0 Å². The highest BCUT2D eigenvalue weighted by molar-refractivity contribution is 5.70. The fourth-order valence-electron chi connectivity index (χ4n) is 2.28. The number of hydrogen-bond donors (Lipinski definition) is 1. The Labute approximate surface area is 129 Å². The SMILES string of the molecule is CN(C)CCCNc1ncnc(N2CCOCC2)c1[N+](=O)[O-]. The van der Waals surface area contributed by atoms with Gasteiger partial charge in [-0.15, -0.1) is 0 Å². The van der Waals surface area contributed by atoms with Crippen molar-refractivity contribution in [1.82, 2.24) is 14.9 Å². The van der Waals surface area contributed by atoms with Gasteiger partial charge in [-0.2, -0.15) is 0 Å². The fourth-order valence-corrected chi connectivity index (χ4v) is 2.28. The van der Waals surface area contributed by atoms with Gasteiger partial charge in [-0.1, -0.05) is 0 Å². The second-order valence-corrected chi connectivity index (χ2v) is 5.33. The first kappa shape index (κ1) is 16.4. The molecule has 0 amide bonds. The molecule has 1 aromatic heterocycles. The molecule has 1 aliphatic rings. The molecule has 1 fully saturated rings. The summed E-state index contributed by atoms with van der Waals surface area (Å²) in [6, 6.07) is 0. The number of nitro groups is 1. The molecule has 0 bridgehead atoms. The van der Waals surface area contributed by atoms with Gasteiger partial charge in [-0.25, -0.2) is 9.97 Å². The molecule has 0 radical (unpaired) electrons. The molecule has 9 nitrogen and oxygen atoms in total. The third-order valence-corrected chi connectivity index (χ3v) is 3.37. The third kappa shape index (κ3) is 4.25. The second-order valence-electron chi connectivity index (χ2n) is 5.33. The highest BCUT2D eigenvalue weighted by atomic mass is 16.6. The van der Waals surface area contributed by atoms with Crippen LogP contribution in [0.3, 0.4) is 0 Å². The number of anilines is 2. The zero-order valence-electron chi connectivity index (χ0n) is 13.0. The first-order valence-corrected chi connectivity index (χ1v) is 7.30. The van der Waals surface area contributed by atoms with Gasteiger partial charge in [0, 0.05) is 19.6 Å². The van der Waals surface area contributed by atoms with Crippen LogP contribution in [-0.4, -0.2) is 73.3 Å². The van der Waals surface area contributed by atoms with E-state index in [0.717, 1.165) is 13.0 Å². The molecular formula is C13H22N6O3. The summed E-state index contributed by atoms with van der Waals surface area (Å²) in [7, 11) is 3.98. The summed E-state index contributed by atoms with van der Waals surface area (Å²) in [5.41, 5.74) is -0.0609. The Morgan fingerprint density at radius 1 is 1.41 bits per heavy atom. The zero-order chi connectivity index (χ0) is 15.9. The summed E-state index contributed by atoms with van der Waals surface area (Å²) in [4.78, 5) is 23.1. The molecule has 22 heavy (non-hydrogen) atoms. The van der Waals surface area contributed by atoms with Gasteiger partial charge in [0.1, 0.15) is 6.33 Å². The molecule has 0 spiro atoms. The van der Waals surface area contributed by atoms with E-state index in [9.17, 15) is 10.1 Å². The molecule has 0 aromatic carbocycles. The van der Waals surface area contributed by atoms with E-state index in [1.54, 1.807) is 0 Å². The summed E-state index contributed by atoms with van der Waals surface area (Å²) in [6.45, 7) is 3.82. The number of nitrogens with zero attached hydrogens (tertiary/aromatic N) is 5. The number of aromatic nitrogens is 2. The van der Waals surface area contributed by atoms with Crippen LogP contribution in [0, 0.1) is 10.1 Å². The lowest BCUT2D eigenvalue weighted by molar-refractivity contribution is -0.383. The minimum Gasteiger partial charge on any atom is -0.378 e. The van der Waals surface area contributed by atoms with E-state index >= 15 is 0 Å². The van der Waals surface area contributed by atoms with Gasteiger partial charge >= 0.3 is 5.69 Å². The van der Waals surface area contributed by atoms with Gasteiger partial charge in [0.2, 0.25) is 11.6 Å². The fraction of sp³-hybridized carbons (Fsp3) is 0.692. The number of rotatable bonds is 7. The molecule has 1 N–H and O–H groups in total. The van der Waals surface area contributed by atoms with Crippen molar-refractivity contribution in [1.29, 1.82) is 0 Å². The van der Waals surface area contributed by atoms with Crippen molar-refractivity contribution in [3.8, 4) is 0 Å². The van der Waals surface area contributed by atoms with E-state index in [-0.39, 0.29) is 11.5 Å². The average molecular weight is 310 g/mol. The molecular weight excluding hydrogens is 288 g/mol. The van der Waals surface area contributed by atoms with E-state index in [2.05, 4.69) is 20.2 Å². The van der Waals surface area contributed by atoms with Crippen molar-refractivity contribution >= 4 is 17.3 Å². The first-order valence-electron chi connectivity index (χ1n) is 7.30. The molecule has 2 rings (SSSR count). The van der Waals surface area contributed by atoms with Crippen LogP contribution in [0.5, 0.6) is 0 Å². The van der Waals surface area contributed by atoms with Crippen LogP contribution in [-0.2, 0) is 4.74 Å². The Morgan fingerprint density at radius 3 is 2.77 bits per heavy atom. The van der Waals surface area contributed by atoms with Gasteiger partial charge in [-0.3, -0.25) is 10.1 Å². The lowest BCUT2D eigenvalue weighted by Gasteiger charge is -2.27. The van der Waals surface area contributed by atoms with Gasteiger partial charge in [-0.05, 0) is 27.1 Å². The maximum absolute atomic E-state index is 11.4. The van der Waals surface area contributed by atoms with Crippen LogP contribution >= 0.6 is 0 Å². The van der Waals surface area contributed by atoms with Gasteiger partial charge < -0.3 is 19.9 Å². The van der Waals surface area contributed by atoms with E-state index < -0.39 is 4.92 Å². The molecule has 122 valence electrons. The van der Waals surface area contributed by atoms with Crippen molar-refractivity contribution in [2.24, 2.45) is 0 Å². The molecule has 0 saturated carbocycles. The van der Waals surface area contributed by atoms with Gasteiger partial charge in [0.05, 0.1) is 18.1 Å². The highest BCUT2D eigenvalue weighted by Crippen LogP contribution is 2.31. The Hall–Kier alpha value is -2.00. The standard InChI is InChI=1S/C13H22N6O3/c1-17(2)5-3-4-14-12-11(19(20)21)13(16-10-15-12)18-6-8-22-9-7-18/h10H,3-9H2,1-2H3,(H,14,15,16). The minimum absolute atomic E-state index is 0.0609. The molecule has 0 aliphatic carbocycles. The molecule has 0 unspecified atom stereocenters. The number of morpholine rings is 1. The molecule has 1 aromatic rings. The second kappa shape index (κ2) is 7.85. The molecule has 9 heteroatoms. The predicted octanol–water partition coefficient (Wildman–Crippen LogP) is 0.585. The quantitative estimate of drug-likeness (QED) is 0.444. The summed E-state index contributed by atoms with van der Waals surface area (Å²) in [5.74, 6) is 0.638. The highest BCUT2D eigenvalue weighted by Gasteiger charge is 2.27. The van der Waals surface area contributed by atoms with E-state index in [1.165, 1.54) is 6.33 Å². The van der Waals surface area contributed by atoms with Crippen LogP contribution < -0.4 is 10.2 Å². The van der Waals surface area contributed by atoms with Crippen molar-refractivity contribution in [3.05, 3.63) is 16.4 Å². The minimum atomic E-state index is -0.418. The smallest absolute Gasteiger partial charge is 0.353 e. The van der Waals surface area contributed by atoms with Gasteiger partial charge in [0.25, 0.3) is 0 Å². The summed E-state index contributed by atoms with van der Waals surface area (Å²) in [6.07, 6.45) is 2.24. The van der Waals surface area contributed by atoms with Crippen LogP contribution in [0.15, 0.2) is 6.33 Å². The van der Waals surface area contributed by atoms with Crippen molar-refractivity contribution in [2.45, 2.75) is 6.42 Å². The number of ether oxygens (including phenoxy) is 1. The topological polar surface area (TPSA) is 96.7 Å². The Balaban J connectivity index is 2.13. The van der Waals surface area contributed by atoms with Crippen molar-refractivity contribution < 1.29 is 9.66 Å². The summed E-state index contributed by atoms with van der Waals surface area (Å²) >= 11 is 0. The monoisotopic (exact) mass is 310 g/mol. The van der Waals surface area contributed by atoms with E-state index in [0.29, 0.717) is 38.7 Å². The maximum Gasteiger partial charge on any atom is 0.353 e. The number of hydrogen-bond acceptors (Lipinski definition) is 8. The van der Waals surface area contributed by atoms with Gasteiger partial charge in [0.15, 0.2) is 0 Å². The summed E-state index contributed by atoms with van der Waals surface area (Å²) in [5, 5.41) is 14.5. The molecule has 1 saturated heterocycles. The van der Waals surface area contributed by atoms with Crippen LogP contribution in [0.1, 0.15) is 6.42 Å². The zero-order valence-corrected chi connectivity index (χ0v) is 13.0. The normalized spacial score (nSPS) is 15.1. The van der Waals surface area contributed by atoms with E-state index in [4.69, 9.17) is 4.74 Å². The third-order valence-electron chi connectivity index (χ3n) is 3.37. The van der Waals surface area contributed by atoms with Crippen LogP contribution in [0.2, 0.25) is 0 Å². The lowest BCUT2D eigenvalue weighted by atomic mass is 10.3. The molecule has 0 atom stereocenters. The Bertz CT molecular complexity index is 505. The average Bonchev–Trinajstić information content (AvgIpc) is 2.51. The van der Waals surface area contributed by atoms with Crippen molar-refractivity contribution in [3.63, 3.8) is 0 Å². The number of nitrogens with one attached hydrogen (secondary N) is 1. The first-order chi connectivity index (χ1) is 10.6. The molecule has 2 heterocycles. The Morgan fingerprint density at radius 2 is 2.14 bits per heavy atom. The summed E-state index contributed by atoms with van der Waals surface area (Å²) < 4.78 is 5.28. The van der Waals surface area contributed by atoms with Crippen molar-refractivity contribution in [2.75, 3.05) is 63.7 Å². The maximum atomic E-state index is 11.4. The predicted molar refractivity (Wildman–Crippen MR) is 83.4 cm³/mol. The molecule has 1 aliphatic heterocycles. The lowest BCUT2D eigenvalue weighted by Crippen LogP contribution is -2.37. The van der Waals surface area contributed by atoms with Crippen LogP contribution in [0.4, 0.5) is 17.3 Å².